The molecule has 1 fully saturated rings. The molecule has 2 aromatic carbocycles. The fourth-order valence-corrected chi connectivity index (χ4v) is 5.21. The summed E-state index contributed by atoms with van der Waals surface area (Å²) in [4.78, 5) is 38.1. The van der Waals surface area contributed by atoms with Crippen LogP contribution in [0, 0.1) is 0 Å². The summed E-state index contributed by atoms with van der Waals surface area (Å²) in [5.74, 6) is -1.82. The number of likely N-dealkylation sites (N-methyl/N-ethyl adjacent to an activating group) is 1. The van der Waals surface area contributed by atoms with E-state index in [0.717, 1.165) is 17.0 Å². The second-order valence-electron chi connectivity index (χ2n) is 8.83. The number of rotatable bonds is 9. The number of carbonyl (C=O) groups excluding carboxylic acids is 3. The summed E-state index contributed by atoms with van der Waals surface area (Å²) in [5.41, 5.74) is -0.185. The molecule has 0 unspecified atom stereocenters. The van der Waals surface area contributed by atoms with Gasteiger partial charge in [-0.05, 0) is 49.2 Å². The molecule has 37 heavy (non-hydrogen) atoms. The van der Waals surface area contributed by atoms with Crippen molar-refractivity contribution < 1.29 is 45.9 Å². The first-order chi connectivity index (χ1) is 17.1. The lowest BCUT2D eigenvalue weighted by Gasteiger charge is -2.26. The largest absolute Gasteiger partial charge is 0.573 e. The third kappa shape index (κ3) is 6.02. The lowest BCUT2D eigenvalue weighted by atomic mass is 10.1. The predicted octanol–water partition coefficient (Wildman–Crippen LogP) is 2.91. The summed E-state index contributed by atoms with van der Waals surface area (Å²) in [7, 11) is -2.72. The monoisotopic (exact) mass is 543 g/mol. The first kappa shape index (κ1) is 27.9. The molecule has 0 aliphatic carbocycles. The van der Waals surface area contributed by atoms with E-state index in [1.165, 1.54) is 62.2 Å². The molecule has 2 aromatic rings. The van der Waals surface area contributed by atoms with Gasteiger partial charge in [0.05, 0.1) is 23.2 Å². The summed E-state index contributed by atoms with van der Waals surface area (Å²) in [6.07, 6.45) is -4.85. The van der Waals surface area contributed by atoms with Crippen molar-refractivity contribution in [1.82, 2.24) is 14.9 Å². The third-order valence-electron chi connectivity index (χ3n) is 6.05. The molecule has 0 saturated carbocycles. The summed E-state index contributed by atoms with van der Waals surface area (Å²) in [6, 6.07) is 8.21. The van der Waals surface area contributed by atoms with Gasteiger partial charge in [-0.2, -0.15) is 0 Å². The second-order valence-corrected chi connectivity index (χ2v) is 10.9. The van der Waals surface area contributed by atoms with E-state index in [0.29, 0.717) is 11.1 Å². The van der Waals surface area contributed by atoms with Gasteiger partial charge in [-0.15, -0.1) is 13.2 Å². The number of halogens is 3. The first-order valence-electron chi connectivity index (χ1n) is 10.8. The second kappa shape index (κ2) is 10.0. The quantitative estimate of drug-likeness (QED) is 0.223. The maximum absolute atomic E-state index is 13.0. The van der Waals surface area contributed by atoms with E-state index in [1.54, 1.807) is 0 Å². The molecule has 14 heteroatoms. The Balaban J connectivity index is 1.78. The lowest BCUT2D eigenvalue weighted by molar-refractivity contribution is -0.274. The van der Waals surface area contributed by atoms with E-state index >= 15 is 0 Å². The molecule has 200 valence electrons. The van der Waals surface area contributed by atoms with Gasteiger partial charge in [0.1, 0.15) is 11.3 Å². The molecular formula is C23H24F3N3O7S. The molecule has 1 aliphatic heterocycles. The highest BCUT2D eigenvalue weighted by Gasteiger charge is 2.50. The van der Waals surface area contributed by atoms with Gasteiger partial charge < -0.3 is 9.64 Å². The number of benzene rings is 2. The minimum Gasteiger partial charge on any atom is -0.406 e. The van der Waals surface area contributed by atoms with Crippen LogP contribution in [0.3, 0.4) is 0 Å². The third-order valence-corrected chi connectivity index (χ3v) is 7.86. The molecule has 0 bridgehead atoms. The molecule has 1 aliphatic rings. The zero-order valence-corrected chi connectivity index (χ0v) is 20.8. The van der Waals surface area contributed by atoms with Crippen molar-refractivity contribution in [3.63, 3.8) is 0 Å². The van der Waals surface area contributed by atoms with Crippen LogP contribution in [0.5, 0.6) is 5.75 Å². The summed E-state index contributed by atoms with van der Waals surface area (Å²) in [5, 5.41) is 10.1. The van der Waals surface area contributed by atoms with E-state index < -0.39 is 57.8 Å². The Bertz CT molecular complexity index is 1280. The highest BCUT2D eigenvalue weighted by molar-refractivity contribution is 7.91. The maximum Gasteiger partial charge on any atom is 0.573 e. The number of alkyl halides is 3. The Kier molecular flexibility index (Phi) is 7.56. The summed E-state index contributed by atoms with van der Waals surface area (Å²) < 4.78 is 66.9. The number of sulfone groups is 1. The number of carbonyl (C=O) groups is 3. The zero-order valence-electron chi connectivity index (χ0n) is 20.0. The number of nitrogens with zero attached hydrogens (tertiary/aromatic N) is 3. The van der Waals surface area contributed by atoms with Crippen LogP contribution in [0.2, 0.25) is 0 Å². The van der Waals surface area contributed by atoms with Crippen molar-refractivity contribution >= 4 is 28.2 Å². The van der Waals surface area contributed by atoms with Crippen molar-refractivity contribution in [2.75, 3.05) is 19.3 Å². The standard InChI is InChI=1S/C23H24F3N3O7S/c1-22(2)20(31)28(21(32)27(22)3)12-17(29(33)14-30)13-37(34,35)19-10-6-16(7-11-19)15-4-8-18(9-5-15)36-23(24,25)26/h4-11,14,17,33H,12-13H2,1-3H3/t17-/m1/s1. The van der Waals surface area contributed by atoms with Crippen molar-refractivity contribution in [3.05, 3.63) is 48.5 Å². The van der Waals surface area contributed by atoms with Gasteiger partial charge in [-0.1, -0.05) is 24.3 Å². The normalized spacial score (nSPS) is 16.6. The molecule has 10 nitrogen and oxygen atoms in total. The van der Waals surface area contributed by atoms with Gasteiger partial charge in [-0.3, -0.25) is 19.7 Å². The van der Waals surface area contributed by atoms with Gasteiger partial charge in [0.15, 0.2) is 9.84 Å². The van der Waals surface area contributed by atoms with Crippen molar-refractivity contribution in [3.8, 4) is 16.9 Å². The minimum absolute atomic E-state index is 0.0185. The van der Waals surface area contributed by atoms with Crippen molar-refractivity contribution in [2.24, 2.45) is 0 Å². The van der Waals surface area contributed by atoms with Gasteiger partial charge in [-0.25, -0.2) is 18.3 Å². The topological polar surface area (TPSA) is 125 Å². The molecule has 1 heterocycles. The first-order valence-corrected chi connectivity index (χ1v) is 12.4. The smallest absolute Gasteiger partial charge is 0.406 e. The van der Waals surface area contributed by atoms with Crippen LogP contribution in [0.4, 0.5) is 18.0 Å². The summed E-state index contributed by atoms with van der Waals surface area (Å²) >= 11 is 0. The molecule has 3 rings (SSSR count). The van der Waals surface area contributed by atoms with E-state index in [2.05, 4.69) is 4.74 Å². The number of hydroxylamine groups is 2. The lowest BCUT2D eigenvalue weighted by Crippen LogP contribution is -2.48. The van der Waals surface area contributed by atoms with Crippen LogP contribution >= 0.6 is 0 Å². The average Bonchev–Trinajstić information content (AvgIpc) is 2.97. The van der Waals surface area contributed by atoms with Crippen molar-refractivity contribution in [2.45, 2.75) is 36.7 Å². The predicted molar refractivity (Wildman–Crippen MR) is 123 cm³/mol. The van der Waals surface area contributed by atoms with E-state index in [4.69, 9.17) is 0 Å². The average molecular weight is 544 g/mol. The highest BCUT2D eigenvalue weighted by Crippen LogP contribution is 2.29. The Hall–Kier alpha value is -3.65. The van der Waals surface area contributed by atoms with Crippen LogP contribution in [0.15, 0.2) is 53.4 Å². The Labute approximate surface area is 210 Å². The maximum atomic E-state index is 13.0. The van der Waals surface area contributed by atoms with Crippen LogP contribution in [-0.4, -0.2) is 84.1 Å². The van der Waals surface area contributed by atoms with Gasteiger partial charge in [0.2, 0.25) is 6.41 Å². The fourth-order valence-electron chi connectivity index (χ4n) is 3.70. The number of hydrogen-bond donors (Lipinski definition) is 1. The van der Waals surface area contributed by atoms with Crippen LogP contribution in [0.1, 0.15) is 13.8 Å². The number of imide groups is 1. The Morgan fingerprint density at radius 1 is 1.05 bits per heavy atom. The molecular weight excluding hydrogens is 519 g/mol. The number of urea groups is 1. The molecule has 4 amide bonds. The van der Waals surface area contributed by atoms with Crippen LogP contribution < -0.4 is 4.74 Å². The van der Waals surface area contributed by atoms with Gasteiger partial charge >= 0.3 is 12.4 Å². The van der Waals surface area contributed by atoms with E-state index in [1.807, 2.05) is 0 Å². The Morgan fingerprint density at radius 3 is 2.00 bits per heavy atom. The Morgan fingerprint density at radius 2 is 1.57 bits per heavy atom. The highest BCUT2D eigenvalue weighted by atomic mass is 32.2. The van der Waals surface area contributed by atoms with Gasteiger partial charge in [0.25, 0.3) is 5.91 Å². The number of ether oxygens (including phenoxy) is 1. The molecule has 0 aromatic heterocycles. The minimum atomic E-state index is -4.83. The van der Waals surface area contributed by atoms with Gasteiger partial charge in [0, 0.05) is 7.05 Å². The molecule has 0 radical (unpaired) electrons. The number of amides is 4. The molecule has 1 saturated heterocycles. The zero-order chi connectivity index (χ0) is 27.8. The fraction of sp³-hybridized carbons (Fsp3) is 0.348. The van der Waals surface area contributed by atoms with E-state index in [-0.39, 0.29) is 16.4 Å². The molecule has 1 atom stereocenters. The summed E-state index contributed by atoms with van der Waals surface area (Å²) in [6.45, 7) is 2.46. The molecule has 1 N–H and O–H groups in total. The van der Waals surface area contributed by atoms with Crippen molar-refractivity contribution in [1.29, 1.82) is 0 Å². The number of hydrogen-bond acceptors (Lipinski definition) is 7. The van der Waals surface area contributed by atoms with Crippen LogP contribution in [-0.2, 0) is 19.4 Å². The van der Waals surface area contributed by atoms with E-state index in [9.17, 15) is 41.2 Å². The SMILES string of the molecule is CN1C(=O)N(C[C@H](CS(=O)(=O)c2ccc(-c3ccc(OC(F)(F)F)cc3)cc2)N(O)C=O)C(=O)C1(C)C. The van der Waals surface area contributed by atoms with Crippen LogP contribution in [0.25, 0.3) is 11.1 Å². The molecule has 0 spiro atoms.